The predicted molar refractivity (Wildman–Crippen MR) is 64.8 cm³/mol. The van der Waals surface area contributed by atoms with E-state index < -0.39 is 11.9 Å². The molecule has 0 aliphatic carbocycles. The van der Waals surface area contributed by atoms with Gasteiger partial charge in [0, 0.05) is 20.1 Å². The lowest BCUT2D eigenvalue weighted by molar-refractivity contribution is -0.118. The number of likely N-dealkylation sites (N-methyl/N-ethyl adjacent to an activating group) is 1. The molecule has 0 aromatic carbocycles. The standard InChI is InChI=1S/C10H14N6O4/c1-14(5-8(11)17)10(20)15-2-6(3-15)16-4-7(9(18)19)12-13-16/h4,6H,2-3,5H2,1H3,(H2,11,17)(H,18,19). The van der Waals surface area contributed by atoms with Gasteiger partial charge in [-0.05, 0) is 0 Å². The first-order valence-electron chi connectivity index (χ1n) is 5.82. The van der Waals surface area contributed by atoms with Gasteiger partial charge in [-0.2, -0.15) is 0 Å². The molecule has 1 saturated heterocycles. The van der Waals surface area contributed by atoms with Crippen molar-refractivity contribution in [3.8, 4) is 0 Å². The van der Waals surface area contributed by atoms with Gasteiger partial charge in [0.25, 0.3) is 0 Å². The van der Waals surface area contributed by atoms with E-state index in [9.17, 15) is 14.4 Å². The Hall–Kier alpha value is -2.65. The second-order valence-corrected chi connectivity index (χ2v) is 4.55. The van der Waals surface area contributed by atoms with Crippen molar-refractivity contribution in [3.63, 3.8) is 0 Å². The summed E-state index contributed by atoms with van der Waals surface area (Å²) in [5.41, 5.74) is 4.87. The number of likely N-dealkylation sites (tertiary alicyclic amines) is 1. The van der Waals surface area contributed by atoms with E-state index >= 15 is 0 Å². The van der Waals surface area contributed by atoms with Crippen LogP contribution in [-0.2, 0) is 4.79 Å². The van der Waals surface area contributed by atoms with Crippen molar-refractivity contribution < 1.29 is 19.5 Å². The minimum Gasteiger partial charge on any atom is -0.476 e. The summed E-state index contributed by atoms with van der Waals surface area (Å²) in [4.78, 5) is 36.0. The van der Waals surface area contributed by atoms with Crippen molar-refractivity contribution in [2.45, 2.75) is 6.04 Å². The van der Waals surface area contributed by atoms with Crippen molar-refractivity contribution in [1.29, 1.82) is 0 Å². The highest BCUT2D eigenvalue weighted by Crippen LogP contribution is 2.21. The second-order valence-electron chi connectivity index (χ2n) is 4.55. The number of nitrogens with two attached hydrogens (primary N) is 1. The summed E-state index contributed by atoms with van der Waals surface area (Å²) in [6, 6.07) is -0.417. The molecule has 0 unspecified atom stereocenters. The quantitative estimate of drug-likeness (QED) is 0.680. The molecule has 2 rings (SSSR count). The molecule has 3 amide bonds. The van der Waals surface area contributed by atoms with Gasteiger partial charge < -0.3 is 20.6 Å². The molecule has 0 bridgehead atoms. The lowest BCUT2D eigenvalue weighted by atomic mass is 10.1. The highest BCUT2D eigenvalue weighted by molar-refractivity contribution is 5.84. The van der Waals surface area contributed by atoms with E-state index in [1.165, 1.54) is 27.7 Å². The fraction of sp³-hybridized carbons (Fsp3) is 0.500. The van der Waals surface area contributed by atoms with Crippen LogP contribution in [0, 0.1) is 0 Å². The van der Waals surface area contributed by atoms with Gasteiger partial charge in [0.1, 0.15) is 6.54 Å². The summed E-state index contributed by atoms with van der Waals surface area (Å²) in [6.45, 7) is 0.612. The van der Waals surface area contributed by atoms with Crippen LogP contribution >= 0.6 is 0 Å². The number of carbonyl (C=O) groups excluding carboxylic acids is 2. The molecule has 10 nitrogen and oxygen atoms in total. The Labute approximate surface area is 113 Å². The fourth-order valence-corrected chi connectivity index (χ4v) is 1.87. The first-order valence-corrected chi connectivity index (χ1v) is 5.82. The van der Waals surface area contributed by atoms with Crippen LogP contribution < -0.4 is 5.73 Å². The van der Waals surface area contributed by atoms with Gasteiger partial charge in [0.2, 0.25) is 5.91 Å². The zero-order chi connectivity index (χ0) is 14.9. The van der Waals surface area contributed by atoms with Crippen LogP contribution in [-0.4, -0.2) is 74.5 Å². The van der Waals surface area contributed by atoms with Gasteiger partial charge in [-0.25, -0.2) is 14.3 Å². The normalized spacial score (nSPS) is 14.8. The molecule has 108 valence electrons. The van der Waals surface area contributed by atoms with Crippen LogP contribution in [0.3, 0.4) is 0 Å². The van der Waals surface area contributed by atoms with Crippen LogP contribution in [0.15, 0.2) is 6.20 Å². The van der Waals surface area contributed by atoms with Crippen LogP contribution in [0.2, 0.25) is 0 Å². The molecular weight excluding hydrogens is 268 g/mol. The van der Waals surface area contributed by atoms with Gasteiger partial charge in [0.15, 0.2) is 5.69 Å². The van der Waals surface area contributed by atoms with Gasteiger partial charge >= 0.3 is 12.0 Å². The number of hydrogen-bond donors (Lipinski definition) is 2. The molecule has 0 atom stereocenters. The van der Waals surface area contributed by atoms with E-state index in [2.05, 4.69) is 10.3 Å². The number of rotatable bonds is 4. The Bertz CT molecular complexity index is 550. The Morgan fingerprint density at radius 1 is 1.50 bits per heavy atom. The molecule has 1 aliphatic rings. The van der Waals surface area contributed by atoms with Gasteiger partial charge in [-0.3, -0.25) is 4.79 Å². The zero-order valence-electron chi connectivity index (χ0n) is 10.8. The molecule has 1 aliphatic heterocycles. The molecule has 0 saturated carbocycles. The number of carboxylic acids is 1. The van der Waals surface area contributed by atoms with E-state index in [4.69, 9.17) is 10.8 Å². The summed E-state index contributed by atoms with van der Waals surface area (Å²) in [5, 5.41) is 15.9. The summed E-state index contributed by atoms with van der Waals surface area (Å²) in [6.07, 6.45) is 1.32. The first kappa shape index (κ1) is 13.8. The molecule has 1 aromatic rings. The molecule has 1 aromatic heterocycles. The SMILES string of the molecule is CN(CC(N)=O)C(=O)N1CC(n2cc(C(=O)O)nn2)C1. The molecule has 1 fully saturated rings. The number of primary amides is 1. The first-order chi connectivity index (χ1) is 9.38. The zero-order valence-corrected chi connectivity index (χ0v) is 10.8. The molecule has 2 heterocycles. The minimum absolute atomic E-state index is 0.110. The van der Waals surface area contributed by atoms with Crippen molar-refractivity contribution in [3.05, 3.63) is 11.9 Å². The van der Waals surface area contributed by atoms with Crippen molar-refractivity contribution in [2.75, 3.05) is 26.7 Å². The Morgan fingerprint density at radius 2 is 2.15 bits per heavy atom. The lowest BCUT2D eigenvalue weighted by Crippen LogP contribution is -2.55. The van der Waals surface area contributed by atoms with Crippen molar-refractivity contribution >= 4 is 17.9 Å². The largest absolute Gasteiger partial charge is 0.476 e. The maximum absolute atomic E-state index is 11.9. The van der Waals surface area contributed by atoms with E-state index in [0.29, 0.717) is 13.1 Å². The third kappa shape index (κ3) is 2.68. The molecule has 0 spiro atoms. The minimum atomic E-state index is -1.15. The topological polar surface area (TPSA) is 135 Å². The van der Waals surface area contributed by atoms with Crippen LogP contribution in [0.4, 0.5) is 4.79 Å². The number of carbonyl (C=O) groups is 3. The number of aromatic nitrogens is 3. The van der Waals surface area contributed by atoms with Gasteiger partial charge in [-0.1, -0.05) is 5.21 Å². The average molecular weight is 282 g/mol. The molecule has 3 N–H and O–H groups in total. The summed E-state index contributed by atoms with van der Waals surface area (Å²) < 4.78 is 1.42. The number of nitrogens with zero attached hydrogens (tertiary/aromatic N) is 5. The third-order valence-corrected chi connectivity index (χ3v) is 2.96. The van der Waals surface area contributed by atoms with Crippen molar-refractivity contribution in [2.24, 2.45) is 5.73 Å². The van der Waals surface area contributed by atoms with Gasteiger partial charge in [0.05, 0.1) is 12.2 Å². The summed E-state index contributed by atoms with van der Waals surface area (Å²) in [7, 11) is 1.48. The lowest BCUT2D eigenvalue weighted by Gasteiger charge is -2.40. The maximum atomic E-state index is 11.9. The maximum Gasteiger partial charge on any atom is 0.358 e. The predicted octanol–water partition coefficient (Wildman–Crippen LogP) is -1.63. The van der Waals surface area contributed by atoms with Crippen LogP contribution in [0.25, 0.3) is 0 Å². The Morgan fingerprint density at radius 3 is 2.65 bits per heavy atom. The third-order valence-electron chi connectivity index (χ3n) is 2.96. The Balaban J connectivity index is 1.88. The average Bonchev–Trinajstić information content (AvgIpc) is 2.75. The monoisotopic (exact) mass is 282 g/mol. The summed E-state index contributed by atoms with van der Waals surface area (Å²) >= 11 is 0. The van der Waals surface area contributed by atoms with E-state index in [0.717, 1.165) is 0 Å². The van der Waals surface area contributed by atoms with Gasteiger partial charge in [-0.15, -0.1) is 5.10 Å². The number of aromatic carboxylic acids is 1. The fourth-order valence-electron chi connectivity index (χ4n) is 1.87. The van der Waals surface area contributed by atoms with E-state index in [1.807, 2.05) is 0 Å². The number of amides is 3. The number of hydrogen-bond acceptors (Lipinski definition) is 5. The highest BCUT2D eigenvalue weighted by atomic mass is 16.4. The number of urea groups is 1. The molecule has 20 heavy (non-hydrogen) atoms. The van der Waals surface area contributed by atoms with Crippen LogP contribution in [0.5, 0.6) is 0 Å². The smallest absolute Gasteiger partial charge is 0.358 e. The second kappa shape index (κ2) is 5.15. The molecular formula is C10H14N6O4. The van der Waals surface area contributed by atoms with Crippen LogP contribution in [0.1, 0.15) is 16.5 Å². The molecule has 0 radical (unpaired) electrons. The van der Waals surface area contributed by atoms with E-state index in [-0.39, 0.29) is 24.3 Å². The number of carboxylic acid groups (broad SMARTS) is 1. The molecule has 10 heteroatoms. The Kier molecular flexibility index (Phi) is 3.55. The van der Waals surface area contributed by atoms with E-state index in [1.54, 1.807) is 0 Å². The highest BCUT2D eigenvalue weighted by Gasteiger charge is 2.34. The summed E-state index contributed by atoms with van der Waals surface area (Å²) in [5.74, 6) is -1.73. The van der Waals surface area contributed by atoms with Crippen molar-refractivity contribution in [1.82, 2.24) is 24.8 Å².